The molecule has 1 radical (unpaired) electrons. The largest absolute Gasteiger partial charge is 2.00 e. The van der Waals surface area contributed by atoms with Gasteiger partial charge in [0.15, 0.2) is 0 Å². The summed E-state index contributed by atoms with van der Waals surface area (Å²) in [6.45, 7) is 0. The molecule has 0 atom stereocenters. The van der Waals surface area contributed by atoms with Crippen molar-refractivity contribution in [1.29, 1.82) is 0 Å². The van der Waals surface area contributed by atoms with Crippen molar-refractivity contribution in [3.63, 3.8) is 0 Å². The number of benzene rings is 4. The minimum absolute atomic E-state index is 0. The molecule has 2 aromatic heterocycles. The Hall–Kier alpha value is -3.00. The van der Waals surface area contributed by atoms with Gasteiger partial charge >= 0.3 is 17.1 Å². The Morgan fingerprint density at radius 1 is 0.333 bits per heavy atom. The van der Waals surface area contributed by atoms with E-state index < -0.39 is 0 Å². The minimum atomic E-state index is 0. The number of nitrogens with zero attached hydrogens (tertiary/aromatic N) is 2. The first-order valence-electron chi connectivity index (χ1n) is 8.70. The third-order valence-electron chi connectivity index (χ3n) is 4.68. The van der Waals surface area contributed by atoms with Crippen LogP contribution in [-0.4, -0.2) is 0 Å². The van der Waals surface area contributed by atoms with Gasteiger partial charge in [-0.25, -0.2) is 0 Å². The first kappa shape index (κ1) is 17.4. The molecule has 0 N–H and O–H groups in total. The van der Waals surface area contributed by atoms with Crippen molar-refractivity contribution in [2.24, 2.45) is 0 Å². The van der Waals surface area contributed by atoms with Gasteiger partial charge in [-0.1, -0.05) is 97.1 Å². The molecule has 3 heteroatoms. The summed E-state index contributed by atoms with van der Waals surface area (Å²) in [5, 5.41) is 4.99. The van der Waals surface area contributed by atoms with Crippen molar-refractivity contribution >= 4 is 43.6 Å². The molecule has 0 saturated carbocycles. The Labute approximate surface area is 167 Å². The third-order valence-corrected chi connectivity index (χ3v) is 4.68. The Kier molecular flexibility index (Phi) is 4.72. The van der Waals surface area contributed by atoms with Gasteiger partial charge in [0.05, 0.1) is 0 Å². The molecule has 0 bridgehead atoms. The number of fused-ring (bicyclic) bond motifs is 6. The molecule has 2 nitrogen and oxygen atoms in total. The molecule has 4 aromatic carbocycles. The van der Waals surface area contributed by atoms with Crippen LogP contribution < -0.4 is 9.97 Å². The summed E-state index contributed by atoms with van der Waals surface area (Å²) in [4.78, 5) is 9.03. The van der Waals surface area contributed by atoms with E-state index in [1.165, 1.54) is 21.5 Å². The van der Waals surface area contributed by atoms with Crippen molar-refractivity contribution in [1.82, 2.24) is 9.97 Å². The van der Waals surface area contributed by atoms with Crippen LogP contribution in [0.5, 0.6) is 0 Å². The van der Waals surface area contributed by atoms with Gasteiger partial charge in [-0.15, -0.1) is 22.1 Å². The molecule has 6 aromatic rings. The second-order valence-electron chi connectivity index (χ2n) is 6.29. The molecule has 0 aliphatic heterocycles. The normalized spacial score (nSPS) is 10.7. The first-order valence-corrected chi connectivity index (χ1v) is 8.70. The van der Waals surface area contributed by atoms with E-state index >= 15 is 0 Å². The van der Waals surface area contributed by atoms with Crippen molar-refractivity contribution < 1.29 is 17.1 Å². The number of aromatic nitrogens is 2. The summed E-state index contributed by atoms with van der Waals surface area (Å²) >= 11 is 0. The Balaban J connectivity index is 0.000000129. The van der Waals surface area contributed by atoms with Crippen LogP contribution >= 0.6 is 0 Å². The van der Waals surface area contributed by atoms with E-state index in [9.17, 15) is 0 Å². The maximum atomic E-state index is 4.52. The van der Waals surface area contributed by atoms with Crippen LogP contribution in [0.25, 0.3) is 43.6 Å². The number of hydrogen-bond acceptors (Lipinski definition) is 0. The molecule has 0 fully saturated rings. The summed E-state index contributed by atoms with van der Waals surface area (Å²) in [5.41, 5.74) is 4.35. The summed E-state index contributed by atoms with van der Waals surface area (Å²) in [5.74, 6) is 0. The van der Waals surface area contributed by atoms with Crippen LogP contribution in [-0.2, 0) is 17.1 Å². The predicted octanol–water partition coefficient (Wildman–Crippen LogP) is 5.90. The molecule has 133 valence electrons. The number of hydrogen-bond donors (Lipinski definition) is 0. The van der Waals surface area contributed by atoms with Crippen molar-refractivity contribution in [3.05, 3.63) is 97.1 Å². The zero-order valence-electron chi connectivity index (χ0n) is 14.4. The van der Waals surface area contributed by atoms with Gasteiger partial charge in [0, 0.05) is 0 Å². The number of rotatable bonds is 0. The fourth-order valence-corrected chi connectivity index (χ4v) is 3.46. The summed E-state index contributed by atoms with van der Waals surface area (Å²) in [7, 11) is 0. The maximum Gasteiger partial charge on any atom is 2.00 e. The van der Waals surface area contributed by atoms with Crippen LogP contribution in [0.3, 0.4) is 0 Å². The average Bonchev–Trinajstić information content (AvgIpc) is 3.27. The van der Waals surface area contributed by atoms with Gasteiger partial charge in [0.1, 0.15) is 0 Å². The van der Waals surface area contributed by atoms with Crippen LogP contribution in [0.2, 0.25) is 0 Å². The summed E-state index contributed by atoms with van der Waals surface area (Å²) in [6, 6.07) is 33.0. The molecule has 27 heavy (non-hydrogen) atoms. The van der Waals surface area contributed by atoms with Crippen LogP contribution in [0.1, 0.15) is 0 Å². The zero-order valence-corrected chi connectivity index (χ0v) is 15.4. The first-order chi connectivity index (χ1) is 12.9. The molecule has 0 aliphatic rings. The quantitative estimate of drug-likeness (QED) is 0.299. The van der Waals surface area contributed by atoms with E-state index in [4.69, 9.17) is 0 Å². The van der Waals surface area contributed by atoms with Gasteiger partial charge in [0.2, 0.25) is 0 Å². The molecule has 0 unspecified atom stereocenters. The Morgan fingerprint density at radius 2 is 0.556 bits per heavy atom. The average molecular weight is 396 g/mol. The van der Waals surface area contributed by atoms with Gasteiger partial charge in [-0.2, -0.15) is 0 Å². The van der Waals surface area contributed by atoms with E-state index in [1.54, 1.807) is 0 Å². The molecule has 0 amide bonds. The SMILES string of the molecule is [Cu+2].c1ccc2c(c1)[n-]c1ccccc12.c1ccc2c(c1)[n-]c1ccccc12. The van der Waals surface area contributed by atoms with Crippen molar-refractivity contribution in [3.8, 4) is 0 Å². The second kappa shape index (κ2) is 7.32. The van der Waals surface area contributed by atoms with Crippen LogP contribution in [0, 0.1) is 0 Å². The fraction of sp³-hybridized carbons (Fsp3) is 0. The topological polar surface area (TPSA) is 28.2 Å². The molecule has 6 rings (SSSR count). The minimum Gasteiger partial charge on any atom is -0.657 e. The van der Waals surface area contributed by atoms with E-state index in [2.05, 4.69) is 82.8 Å². The summed E-state index contributed by atoms with van der Waals surface area (Å²) in [6.07, 6.45) is 0. The van der Waals surface area contributed by atoms with E-state index in [0.29, 0.717) is 0 Å². The fourth-order valence-electron chi connectivity index (χ4n) is 3.46. The predicted molar refractivity (Wildman–Crippen MR) is 110 cm³/mol. The monoisotopic (exact) mass is 395 g/mol. The van der Waals surface area contributed by atoms with Crippen LogP contribution in [0.4, 0.5) is 0 Å². The van der Waals surface area contributed by atoms with E-state index in [0.717, 1.165) is 22.1 Å². The Bertz CT molecular complexity index is 1140. The van der Waals surface area contributed by atoms with Gasteiger partial charge in [-0.05, 0) is 21.5 Å². The second-order valence-corrected chi connectivity index (χ2v) is 6.29. The maximum absolute atomic E-state index is 4.52. The van der Waals surface area contributed by atoms with Crippen molar-refractivity contribution in [2.45, 2.75) is 0 Å². The molecule has 0 aliphatic carbocycles. The Morgan fingerprint density at radius 3 is 0.815 bits per heavy atom. The molecule has 0 saturated heterocycles. The van der Waals surface area contributed by atoms with Crippen LogP contribution in [0.15, 0.2) is 97.1 Å². The third kappa shape index (κ3) is 3.12. The van der Waals surface area contributed by atoms with Gasteiger partial charge in [0.25, 0.3) is 0 Å². The standard InChI is InChI=1S/2C12H8N.Cu/c2*1-3-7-11-9(5-1)10-6-2-4-8-12(10)13-11;/h2*1-8H;/q2*-1;+2. The zero-order chi connectivity index (χ0) is 17.3. The van der Waals surface area contributed by atoms with Gasteiger partial charge in [-0.3, -0.25) is 0 Å². The summed E-state index contributed by atoms with van der Waals surface area (Å²) < 4.78 is 0. The molecule has 0 spiro atoms. The van der Waals surface area contributed by atoms with E-state index in [-0.39, 0.29) is 17.1 Å². The molecular formula is C24H16CuN2. The number of para-hydroxylation sites is 4. The smallest absolute Gasteiger partial charge is 0.657 e. The van der Waals surface area contributed by atoms with Gasteiger partial charge < -0.3 is 9.97 Å². The van der Waals surface area contributed by atoms with E-state index in [1.807, 2.05) is 24.3 Å². The molecule has 2 heterocycles. The van der Waals surface area contributed by atoms with Crippen molar-refractivity contribution in [2.75, 3.05) is 0 Å². The molecular weight excluding hydrogens is 380 g/mol.